The molecule has 0 saturated carbocycles. The number of hydrogen-bond donors (Lipinski definition) is 2. The quantitative estimate of drug-likeness (QED) is 0.758. The van der Waals surface area contributed by atoms with Crippen molar-refractivity contribution in [3.05, 3.63) is 24.1 Å². The van der Waals surface area contributed by atoms with Gasteiger partial charge in [0.2, 0.25) is 5.91 Å². The molecule has 1 fully saturated rings. The topological polar surface area (TPSA) is 112 Å². The third kappa shape index (κ3) is 3.37. The number of imidazole rings is 1. The van der Waals surface area contributed by atoms with Crippen molar-refractivity contribution in [2.75, 3.05) is 23.4 Å². The largest absolute Gasteiger partial charge is 0.491 e. The Balaban J connectivity index is 1.73. The third-order valence-electron chi connectivity index (χ3n) is 4.91. The van der Waals surface area contributed by atoms with Crippen LogP contribution >= 0.6 is 0 Å². The van der Waals surface area contributed by atoms with Gasteiger partial charge in [-0.1, -0.05) is 0 Å². The van der Waals surface area contributed by atoms with Crippen molar-refractivity contribution in [2.24, 2.45) is 5.73 Å². The number of amides is 2. The van der Waals surface area contributed by atoms with Gasteiger partial charge in [0.05, 0.1) is 17.8 Å². The van der Waals surface area contributed by atoms with Crippen molar-refractivity contribution in [3.8, 4) is 17.1 Å². The summed E-state index contributed by atoms with van der Waals surface area (Å²) in [6.45, 7) is 1.53. The highest BCUT2D eigenvalue weighted by molar-refractivity contribution is 5.90. The Hall–Kier alpha value is -3.44. The van der Waals surface area contributed by atoms with E-state index in [1.165, 1.54) is 19.2 Å². The monoisotopic (exact) mass is 425 g/mol. The molecule has 30 heavy (non-hydrogen) atoms. The lowest BCUT2D eigenvalue weighted by atomic mass is 10.1. The Kier molecular flexibility index (Phi) is 4.92. The summed E-state index contributed by atoms with van der Waals surface area (Å²) in [4.78, 5) is 28.3. The van der Waals surface area contributed by atoms with Crippen LogP contribution in [0.3, 0.4) is 0 Å². The van der Waals surface area contributed by atoms with Crippen LogP contribution in [0.2, 0.25) is 0 Å². The summed E-state index contributed by atoms with van der Waals surface area (Å²) >= 11 is 0. The number of ether oxygens (including phenoxy) is 2. The van der Waals surface area contributed by atoms with Gasteiger partial charge >= 0.3 is 6.09 Å². The van der Waals surface area contributed by atoms with Gasteiger partial charge in [0, 0.05) is 12.3 Å². The fraction of sp³-hybridized carbons (Fsp3) is 0.389. The van der Waals surface area contributed by atoms with Crippen molar-refractivity contribution >= 4 is 23.5 Å². The molecular weight excluding hydrogens is 407 g/mol. The molecular formula is C18H18F3N5O4. The summed E-state index contributed by atoms with van der Waals surface area (Å²) in [7, 11) is 0. The van der Waals surface area contributed by atoms with Gasteiger partial charge in [0.1, 0.15) is 42.7 Å². The zero-order valence-corrected chi connectivity index (χ0v) is 15.8. The number of nitrogens with two attached hydrogens (primary N) is 1. The number of nitrogens with one attached hydrogen (secondary N) is 1. The molecule has 2 aliphatic heterocycles. The summed E-state index contributed by atoms with van der Waals surface area (Å²) in [5.41, 5.74) is 5.49. The molecule has 1 aromatic heterocycles. The molecule has 0 aliphatic carbocycles. The van der Waals surface area contributed by atoms with Crippen molar-refractivity contribution in [3.63, 3.8) is 0 Å². The van der Waals surface area contributed by atoms with Gasteiger partial charge in [0.25, 0.3) is 6.43 Å². The number of carbonyl (C=O) groups is 2. The van der Waals surface area contributed by atoms with Crippen molar-refractivity contribution in [2.45, 2.75) is 32.0 Å². The van der Waals surface area contributed by atoms with Crippen LogP contribution < -0.4 is 20.7 Å². The van der Waals surface area contributed by atoms with E-state index in [1.807, 2.05) is 0 Å². The molecule has 3 N–H and O–H groups in total. The molecule has 160 valence electrons. The number of benzene rings is 1. The van der Waals surface area contributed by atoms with Crippen LogP contribution in [-0.4, -0.2) is 53.3 Å². The molecule has 1 unspecified atom stereocenters. The molecule has 0 spiro atoms. The van der Waals surface area contributed by atoms with Crippen molar-refractivity contribution < 1.29 is 32.2 Å². The van der Waals surface area contributed by atoms with E-state index >= 15 is 0 Å². The SMILES string of the molecule is CC(Nc1cc2c(cc1F)-c1nc(N3C(=O)OC[C@H]3C(F)F)cn1CCO2)C(N)=O. The van der Waals surface area contributed by atoms with Crippen LogP contribution in [0.1, 0.15) is 6.92 Å². The second kappa shape index (κ2) is 7.43. The first-order chi connectivity index (χ1) is 14.3. The molecule has 2 aliphatic rings. The normalized spacial score (nSPS) is 18.9. The van der Waals surface area contributed by atoms with Crippen molar-refractivity contribution in [1.82, 2.24) is 9.55 Å². The zero-order chi connectivity index (χ0) is 21.6. The van der Waals surface area contributed by atoms with Crippen LogP contribution in [0.5, 0.6) is 5.75 Å². The van der Waals surface area contributed by atoms with E-state index in [-0.39, 0.29) is 35.2 Å². The van der Waals surface area contributed by atoms with E-state index < -0.39 is 42.9 Å². The Bertz CT molecular complexity index is 1010. The first-order valence-corrected chi connectivity index (χ1v) is 9.10. The molecule has 3 heterocycles. The summed E-state index contributed by atoms with van der Waals surface area (Å²) in [6, 6.07) is 0.266. The molecule has 2 atom stereocenters. The number of primary amides is 1. The Morgan fingerprint density at radius 1 is 1.37 bits per heavy atom. The number of aromatic nitrogens is 2. The van der Waals surface area contributed by atoms with E-state index in [1.54, 1.807) is 4.57 Å². The van der Waals surface area contributed by atoms with Crippen molar-refractivity contribution in [1.29, 1.82) is 0 Å². The van der Waals surface area contributed by atoms with E-state index in [2.05, 4.69) is 10.3 Å². The molecule has 12 heteroatoms. The lowest BCUT2D eigenvalue weighted by molar-refractivity contribution is -0.118. The number of fused-ring (bicyclic) bond motifs is 3. The number of anilines is 2. The minimum Gasteiger partial charge on any atom is -0.491 e. The average molecular weight is 425 g/mol. The number of carbonyl (C=O) groups excluding carboxylic acids is 2. The maximum atomic E-state index is 14.7. The Morgan fingerprint density at radius 3 is 2.83 bits per heavy atom. The standard InChI is InChI=1S/C18H18F3N5O4/c1-8(16(22)27)23-11-5-13-9(4-10(11)19)17-24-14(6-25(17)2-3-29-13)26-12(15(20)21)7-30-18(26)28/h4-6,8,12,15,23H,2-3,7H2,1H3,(H2,22,27)/t8?,12-/m0/s1. The maximum Gasteiger partial charge on any atom is 0.416 e. The van der Waals surface area contributed by atoms with Gasteiger partial charge in [-0.2, -0.15) is 0 Å². The highest BCUT2D eigenvalue weighted by Gasteiger charge is 2.42. The van der Waals surface area contributed by atoms with E-state index in [9.17, 15) is 22.8 Å². The zero-order valence-electron chi connectivity index (χ0n) is 15.8. The maximum absolute atomic E-state index is 14.7. The van der Waals surface area contributed by atoms with Crippen LogP contribution in [0.4, 0.5) is 29.5 Å². The van der Waals surface area contributed by atoms with Gasteiger partial charge in [-0.25, -0.2) is 27.8 Å². The second-order valence-corrected chi connectivity index (χ2v) is 6.91. The molecule has 1 saturated heterocycles. The smallest absolute Gasteiger partial charge is 0.416 e. The van der Waals surface area contributed by atoms with Crippen LogP contribution in [-0.2, 0) is 16.1 Å². The minimum absolute atomic E-state index is 0.0150. The molecule has 9 nitrogen and oxygen atoms in total. The lowest BCUT2D eigenvalue weighted by Crippen LogP contribution is -2.38. The Labute approximate surface area is 168 Å². The number of halogens is 3. The molecule has 1 aromatic carbocycles. The summed E-state index contributed by atoms with van der Waals surface area (Å²) < 4.78 is 53.2. The van der Waals surface area contributed by atoms with E-state index in [0.717, 1.165) is 11.0 Å². The predicted molar refractivity (Wildman–Crippen MR) is 99.0 cm³/mol. The van der Waals surface area contributed by atoms with Crippen LogP contribution in [0.15, 0.2) is 18.3 Å². The van der Waals surface area contributed by atoms with Gasteiger partial charge in [-0.3, -0.25) is 4.79 Å². The summed E-state index contributed by atoms with van der Waals surface area (Å²) in [5.74, 6) is -0.832. The molecule has 0 radical (unpaired) electrons. The second-order valence-electron chi connectivity index (χ2n) is 6.91. The molecule has 2 aromatic rings. The van der Waals surface area contributed by atoms with Crippen LogP contribution in [0.25, 0.3) is 11.4 Å². The molecule has 4 rings (SSSR count). The summed E-state index contributed by atoms with van der Waals surface area (Å²) in [5, 5.41) is 2.67. The average Bonchev–Trinajstić information content (AvgIpc) is 3.23. The molecule has 0 bridgehead atoms. The number of nitrogens with zero attached hydrogens (tertiary/aromatic N) is 3. The highest BCUT2D eigenvalue weighted by atomic mass is 19.3. The van der Waals surface area contributed by atoms with E-state index in [0.29, 0.717) is 6.54 Å². The van der Waals surface area contributed by atoms with Gasteiger partial charge in [-0.05, 0) is 13.0 Å². The molecule has 2 amide bonds. The number of rotatable bonds is 5. The lowest BCUT2D eigenvalue weighted by Gasteiger charge is -2.18. The Morgan fingerprint density at radius 2 is 2.13 bits per heavy atom. The number of cyclic esters (lactones) is 1. The first kappa shape index (κ1) is 19.9. The van der Waals surface area contributed by atoms with Gasteiger partial charge in [0.15, 0.2) is 5.82 Å². The fourth-order valence-electron chi connectivity index (χ4n) is 3.31. The predicted octanol–water partition coefficient (Wildman–Crippen LogP) is 1.96. The van der Waals surface area contributed by atoms with Gasteiger partial charge in [-0.15, -0.1) is 0 Å². The summed E-state index contributed by atoms with van der Waals surface area (Å²) in [6.07, 6.45) is -2.31. The minimum atomic E-state index is -2.81. The fourth-order valence-corrected chi connectivity index (χ4v) is 3.31. The highest BCUT2D eigenvalue weighted by Crippen LogP contribution is 2.38. The first-order valence-electron chi connectivity index (χ1n) is 9.10. The van der Waals surface area contributed by atoms with Gasteiger partial charge < -0.3 is 25.1 Å². The van der Waals surface area contributed by atoms with Crippen LogP contribution in [0, 0.1) is 5.82 Å². The number of hydrogen-bond acceptors (Lipinski definition) is 6. The number of alkyl halides is 2. The van der Waals surface area contributed by atoms with E-state index in [4.69, 9.17) is 15.2 Å². The third-order valence-corrected chi connectivity index (χ3v) is 4.91.